The first kappa shape index (κ1) is 13.2. The number of nitriles is 1. The van der Waals surface area contributed by atoms with Crippen LogP contribution < -0.4 is 4.90 Å². The zero-order valence-electron chi connectivity index (χ0n) is 10.5. The van der Waals surface area contributed by atoms with E-state index in [1.54, 1.807) is 35.1 Å². The molecule has 20 heavy (non-hydrogen) atoms. The van der Waals surface area contributed by atoms with Crippen LogP contribution in [0.25, 0.3) is 0 Å². The van der Waals surface area contributed by atoms with Gasteiger partial charge in [-0.15, -0.1) is 23.1 Å². The summed E-state index contributed by atoms with van der Waals surface area (Å²) >= 11 is 3.01. The first-order valence-corrected chi connectivity index (χ1v) is 7.91. The van der Waals surface area contributed by atoms with Crippen molar-refractivity contribution in [3.05, 3.63) is 41.5 Å². The summed E-state index contributed by atoms with van der Waals surface area (Å²) in [6.45, 7) is 0.677. The molecule has 2 aromatic heterocycles. The van der Waals surface area contributed by atoms with Gasteiger partial charge in [-0.05, 0) is 30.0 Å². The molecule has 0 radical (unpaired) electrons. The highest BCUT2D eigenvalue weighted by molar-refractivity contribution is 8.00. The Bertz CT molecular complexity index is 663. The number of rotatable bonds is 3. The highest BCUT2D eigenvalue weighted by Gasteiger charge is 2.34. The van der Waals surface area contributed by atoms with Crippen LogP contribution in [0.1, 0.15) is 12.0 Å². The molecule has 3 heterocycles. The second-order valence-electron chi connectivity index (χ2n) is 4.32. The molecule has 100 valence electrons. The molecule has 1 atom stereocenters. The molecule has 2 aromatic rings. The Hall–Kier alpha value is -1.84. The maximum Gasteiger partial charge on any atom is 0.241 e. The standard InChI is InChI=1S/C14H11N3OS2/c15-9-10-4-8-19-14(10)17-7-3-12(13(17)18)20-11-1-5-16-6-2-11/h1-2,4-6,8,12H,3,7H2/t12-/m0/s1. The molecule has 1 aliphatic heterocycles. The lowest BCUT2D eigenvalue weighted by molar-refractivity contribution is -0.116. The fourth-order valence-corrected chi connectivity index (χ4v) is 4.08. The quantitative estimate of drug-likeness (QED) is 0.874. The van der Waals surface area contributed by atoms with Gasteiger partial charge in [0.05, 0.1) is 10.8 Å². The maximum atomic E-state index is 12.5. The molecule has 1 fully saturated rings. The summed E-state index contributed by atoms with van der Waals surface area (Å²) in [6.07, 6.45) is 4.26. The van der Waals surface area contributed by atoms with Crippen molar-refractivity contribution >= 4 is 34.0 Å². The Balaban J connectivity index is 1.76. The zero-order valence-corrected chi connectivity index (χ0v) is 12.2. The monoisotopic (exact) mass is 301 g/mol. The minimum Gasteiger partial charge on any atom is -0.302 e. The second kappa shape index (κ2) is 5.65. The van der Waals surface area contributed by atoms with E-state index >= 15 is 0 Å². The minimum atomic E-state index is -0.0777. The number of hydrogen-bond acceptors (Lipinski definition) is 5. The normalized spacial score (nSPS) is 18.2. The van der Waals surface area contributed by atoms with Gasteiger partial charge in [0.1, 0.15) is 11.1 Å². The predicted octanol–water partition coefficient (Wildman–Crippen LogP) is 2.91. The third-order valence-corrected chi connectivity index (χ3v) is 5.30. The van der Waals surface area contributed by atoms with Gasteiger partial charge >= 0.3 is 0 Å². The summed E-state index contributed by atoms with van der Waals surface area (Å²) in [5, 5.41) is 11.6. The van der Waals surface area contributed by atoms with Crippen molar-refractivity contribution in [2.24, 2.45) is 0 Å². The van der Waals surface area contributed by atoms with Crippen molar-refractivity contribution in [3.63, 3.8) is 0 Å². The van der Waals surface area contributed by atoms with Crippen molar-refractivity contribution in [2.75, 3.05) is 11.4 Å². The third-order valence-electron chi connectivity index (χ3n) is 3.09. The number of carbonyl (C=O) groups excluding carboxylic acids is 1. The summed E-state index contributed by atoms with van der Waals surface area (Å²) in [6, 6.07) is 7.72. The topological polar surface area (TPSA) is 57.0 Å². The van der Waals surface area contributed by atoms with Crippen molar-refractivity contribution in [1.82, 2.24) is 4.98 Å². The number of carbonyl (C=O) groups is 1. The summed E-state index contributed by atoms with van der Waals surface area (Å²) in [5.74, 6) is 0.0887. The van der Waals surface area contributed by atoms with Crippen LogP contribution in [0.3, 0.4) is 0 Å². The van der Waals surface area contributed by atoms with Crippen LogP contribution in [0.4, 0.5) is 5.00 Å². The van der Waals surface area contributed by atoms with Gasteiger partial charge in [0.25, 0.3) is 0 Å². The summed E-state index contributed by atoms with van der Waals surface area (Å²) in [7, 11) is 0. The van der Waals surface area contributed by atoms with E-state index in [1.807, 2.05) is 17.5 Å². The Morgan fingerprint density at radius 1 is 1.40 bits per heavy atom. The number of nitrogens with zero attached hydrogens (tertiary/aromatic N) is 3. The van der Waals surface area contributed by atoms with Crippen molar-refractivity contribution < 1.29 is 4.79 Å². The number of thioether (sulfide) groups is 1. The summed E-state index contributed by atoms with van der Waals surface area (Å²) < 4.78 is 0. The van der Waals surface area contributed by atoms with Gasteiger partial charge in [0.2, 0.25) is 5.91 Å². The van der Waals surface area contributed by atoms with Crippen LogP contribution in [-0.4, -0.2) is 22.7 Å². The molecule has 6 heteroatoms. The predicted molar refractivity (Wildman–Crippen MR) is 79.9 cm³/mol. The maximum absolute atomic E-state index is 12.5. The average molecular weight is 301 g/mol. The van der Waals surface area contributed by atoms with Crippen LogP contribution in [0, 0.1) is 11.3 Å². The number of thiophene rings is 1. The average Bonchev–Trinajstić information content (AvgIpc) is 3.07. The van der Waals surface area contributed by atoms with E-state index in [1.165, 1.54) is 11.3 Å². The fourth-order valence-electron chi connectivity index (χ4n) is 2.14. The smallest absolute Gasteiger partial charge is 0.241 e. The molecule has 1 aliphatic rings. The van der Waals surface area contributed by atoms with Crippen LogP contribution in [0.5, 0.6) is 0 Å². The molecule has 4 nitrogen and oxygen atoms in total. The van der Waals surface area contributed by atoms with Crippen LogP contribution >= 0.6 is 23.1 Å². The molecular formula is C14H11N3OS2. The van der Waals surface area contributed by atoms with Crippen molar-refractivity contribution in [1.29, 1.82) is 5.26 Å². The lowest BCUT2D eigenvalue weighted by Crippen LogP contribution is -2.27. The Labute approximate surface area is 125 Å². The Kier molecular flexibility index (Phi) is 3.72. The van der Waals surface area contributed by atoms with E-state index < -0.39 is 0 Å². The minimum absolute atomic E-state index is 0.0777. The van der Waals surface area contributed by atoms with E-state index in [4.69, 9.17) is 5.26 Å². The molecule has 0 unspecified atom stereocenters. The first-order valence-electron chi connectivity index (χ1n) is 6.15. The Morgan fingerprint density at radius 2 is 2.20 bits per heavy atom. The summed E-state index contributed by atoms with van der Waals surface area (Å²) in [4.78, 5) is 19.2. The molecule has 3 rings (SSSR count). The SMILES string of the molecule is N#Cc1ccsc1N1CC[C@H](Sc2ccncc2)C1=O. The third kappa shape index (κ3) is 2.42. The summed E-state index contributed by atoms with van der Waals surface area (Å²) in [5.41, 5.74) is 0.581. The number of anilines is 1. The van der Waals surface area contributed by atoms with Gasteiger partial charge in [-0.25, -0.2) is 0 Å². The highest BCUT2D eigenvalue weighted by Crippen LogP contribution is 2.36. The van der Waals surface area contributed by atoms with Crippen molar-refractivity contribution in [3.8, 4) is 6.07 Å². The van der Waals surface area contributed by atoms with Gasteiger partial charge in [-0.2, -0.15) is 5.26 Å². The first-order chi connectivity index (χ1) is 9.79. The van der Waals surface area contributed by atoms with E-state index in [2.05, 4.69) is 11.1 Å². The van der Waals surface area contributed by atoms with Gasteiger partial charge in [0.15, 0.2) is 0 Å². The number of hydrogen-bond donors (Lipinski definition) is 0. The molecule has 0 aliphatic carbocycles. The fraction of sp³-hybridized carbons (Fsp3) is 0.214. The number of aromatic nitrogens is 1. The Morgan fingerprint density at radius 3 is 2.95 bits per heavy atom. The lowest BCUT2D eigenvalue weighted by Gasteiger charge is -2.15. The zero-order chi connectivity index (χ0) is 13.9. The largest absolute Gasteiger partial charge is 0.302 e. The molecule has 1 saturated heterocycles. The number of amides is 1. The van der Waals surface area contributed by atoms with Gasteiger partial charge in [-0.1, -0.05) is 0 Å². The molecule has 0 spiro atoms. The second-order valence-corrected chi connectivity index (χ2v) is 6.49. The van der Waals surface area contributed by atoms with E-state index in [0.29, 0.717) is 12.1 Å². The van der Waals surface area contributed by atoms with Crippen molar-refractivity contribution in [2.45, 2.75) is 16.6 Å². The van der Waals surface area contributed by atoms with E-state index in [-0.39, 0.29) is 11.2 Å². The van der Waals surface area contributed by atoms with Gasteiger partial charge in [0, 0.05) is 23.8 Å². The van der Waals surface area contributed by atoms with E-state index in [0.717, 1.165) is 16.3 Å². The van der Waals surface area contributed by atoms with E-state index in [9.17, 15) is 4.79 Å². The van der Waals surface area contributed by atoms with Crippen LogP contribution in [0.2, 0.25) is 0 Å². The number of pyridine rings is 1. The molecule has 0 aromatic carbocycles. The van der Waals surface area contributed by atoms with Gasteiger partial charge in [-0.3, -0.25) is 9.78 Å². The molecule has 1 amide bonds. The molecule has 0 bridgehead atoms. The molecular weight excluding hydrogens is 290 g/mol. The van der Waals surface area contributed by atoms with Crippen LogP contribution in [-0.2, 0) is 4.79 Å². The van der Waals surface area contributed by atoms with Gasteiger partial charge < -0.3 is 4.90 Å². The van der Waals surface area contributed by atoms with Crippen LogP contribution in [0.15, 0.2) is 40.9 Å². The lowest BCUT2D eigenvalue weighted by atomic mass is 10.3. The highest BCUT2D eigenvalue weighted by atomic mass is 32.2. The molecule has 0 N–H and O–H groups in total. The molecule has 0 saturated carbocycles.